The predicted octanol–water partition coefficient (Wildman–Crippen LogP) is 1.33. The van der Waals surface area contributed by atoms with Crippen LogP contribution < -0.4 is 9.47 Å². The van der Waals surface area contributed by atoms with E-state index in [-0.39, 0.29) is 5.91 Å². The van der Waals surface area contributed by atoms with Crippen LogP contribution in [0.1, 0.15) is 11.1 Å². The summed E-state index contributed by atoms with van der Waals surface area (Å²) in [5.41, 5.74) is 1.88. The zero-order valence-corrected chi connectivity index (χ0v) is 13.3. The Hall–Kier alpha value is -1.75. The van der Waals surface area contributed by atoms with E-state index in [1.807, 2.05) is 24.0 Å². The van der Waals surface area contributed by atoms with Crippen LogP contribution in [0, 0.1) is 6.92 Å². The molecule has 1 heterocycles. The molecule has 2 rings (SSSR count). The zero-order chi connectivity index (χ0) is 15.4. The van der Waals surface area contributed by atoms with Gasteiger partial charge in [-0.15, -0.1) is 0 Å². The summed E-state index contributed by atoms with van der Waals surface area (Å²) >= 11 is 0. The number of hydrogen-bond donors (Lipinski definition) is 0. The molecule has 0 atom stereocenters. The minimum Gasteiger partial charge on any atom is -0.496 e. The van der Waals surface area contributed by atoms with Gasteiger partial charge in [-0.05, 0) is 31.7 Å². The average molecular weight is 292 g/mol. The van der Waals surface area contributed by atoms with Crippen molar-refractivity contribution in [2.24, 2.45) is 0 Å². The molecule has 1 aromatic rings. The molecule has 0 radical (unpaired) electrons. The maximum atomic E-state index is 12.4. The molecule has 0 aliphatic carbocycles. The minimum atomic E-state index is 0.146. The van der Waals surface area contributed by atoms with Gasteiger partial charge in [0.05, 0.1) is 20.6 Å². The van der Waals surface area contributed by atoms with Gasteiger partial charge in [-0.2, -0.15) is 0 Å². The summed E-state index contributed by atoms with van der Waals surface area (Å²) in [6, 6.07) is 3.83. The van der Waals surface area contributed by atoms with Crippen LogP contribution in [-0.2, 0) is 11.2 Å². The van der Waals surface area contributed by atoms with E-state index < -0.39 is 0 Å². The third-order valence-electron chi connectivity index (χ3n) is 4.00. The van der Waals surface area contributed by atoms with E-state index in [9.17, 15) is 4.79 Å². The molecule has 1 amide bonds. The van der Waals surface area contributed by atoms with Crippen molar-refractivity contribution in [2.45, 2.75) is 13.3 Å². The Morgan fingerprint density at radius 2 is 1.71 bits per heavy atom. The topological polar surface area (TPSA) is 42.0 Å². The first-order chi connectivity index (χ1) is 10.0. The molecule has 0 N–H and O–H groups in total. The van der Waals surface area contributed by atoms with Crippen molar-refractivity contribution in [3.63, 3.8) is 0 Å². The molecule has 1 saturated heterocycles. The maximum absolute atomic E-state index is 12.4. The Morgan fingerprint density at radius 1 is 1.10 bits per heavy atom. The average Bonchev–Trinajstić information content (AvgIpc) is 2.49. The fourth-order valence-corrected chi connectivity index (χ4v) is 2.58. The standard InChI is InChI=1S/C16H24N2O3/c1-12-9-15(21-4)13(10-14(12)20-3)11-16(19)18-7-5-17(2)6-8-18/h9-10H,5-8,11H2,1-4H3. The van der Waals surface area contributed by atoms with Crippen LogP contribution in [0.15, 0.2) is 12.1 Å². The summed E-state index contributed by atoms with van der Waals surface area (Å²) in [6.45, 7) is 5.41. The van der Waals surface area contributed by atoms with Crippen molar-refractivity contribution in [1.29, 1.82) is 0 Å². The van der Waals surface area contributed by atoms with E-state index >= 15 is 0 Å². The summed E-state index contributed by atoms with van der Waals surface area (Å²) in [6.07, 6.45) is 0.351. The number of benzene rings is 1. The van der Waals surface area contributed by atoms with Gasteiger partial charge in [0.2, 0.25) is 5.91 Å². The van der Waals surface area contributed by atoms with E-state index in [2.05, 4.69) is 11.9 Å². The molecule has 1 fully saturated rings. The van der Waals surface area contributed by atoms with E-state index in [0.717, 1.165) is 48.8 Å². The molecule has 0 spiro atoms. The van der Waals surface area contributed by atoms with Crippen molar-refractivity contribution in [2.75, 3.05) is 47.4 Å². The largest absolute Gasteiger partial charge is 0.496 e. The summed E-state index contributed by atoms with van der Waals surface area (Å²) in [4.78, 5) is 16.6. The molecule has 116 valence electrons. The van der Waals surface area contributed by atoms with Crippen LogP contribution in [0.3, 0.4) is 0 Å². The minimum absolute atomic E-state index is 0.146. The Kier molecular flexibility index (Phi) is 5.07. The number of hydrogen-bond acceptors (Lipinski definition) is 4. The van der Waals surface area contributed by atoms with Crippen LogP contribution in [0.5, 0.6) is 11.5 Å². The van der Waals surface area contributed by atoms with Gasteiger partial charge >= 0.3 is 0 Å². The lowest BCUT2D eigenvalue weighted by Crippen LogP contribution is -2.47. The first kappa shape index (κ1) is 15.6. The Labute approximate surface area is 126 Å². The van der Waals surface area contributed by atoms with Gasteiger partial charge in [0.15, 0.2) is 0 Å². The molecule has 5 nitrogen and oxygen atoms in total. The van der Waals surface area contributed by atoms with Gasteiger partial charge in [0, 0.05) is 31.7 Å². The number of aryl methyl sites for hydroxylation is 1. The number of methoxy groups -OCH3 is 2. The van der Waals surface area contributed by atoms with Crippen LogP contribution >= 0.6 is 0 Å². The number of nitrogens with zero attached hydrogens (tertiary/aromatic N) is 2. The van der Waals surface area contributed by atoms with Gasteiger partial charge in [-0.1, -0.05) is 0 Å². The van der Waals surface area contributed by atoms with Crippen molar-refractivity contribution < 1.29 is 14.3 Å². The number of carbonyl (C=O) groups excluding carboxylic acids is 1. The second kappa shape index (κ2) is 6.80. The summed E-state index contributed by atoms with van der Waals surface area (Å²) < 4.78 is 10.7. The highest BCUT2D eigenvalue weighted by Crippen LogP contribution is 2.29. The Balaban J connectivity index is 2.12. The molecule has 1 aliphatic rings. The summed E-state index contributed by atoms with van der Waals surface area (Å²) in [7, 11) is 5.35. The van der Waals surface area contributed by atoms with Crippen molar-refractivity contribution in [3.05, 3.63) is 23.3 Å². The fourth-order valence-electron chi connectivity index (χ4n) is 2.58. The molecule has 1 aliphatic heterocycles. The number of ether oxygens (including phenoxy) is 2. The Bertz CT molecular complexity index is 508. The van der Waals surface area contributed by atoms with Gasteiger partial charge in [0.25, 0.3) is 0 Å². The van der Waals surface area contributed by atoms with E-state index in [0.29, 0.717) is 6.42 Å². The van der Waals surface area contributed by atoms with Gasteiger partial charge < -0.3 is 19.3 Å². The second-order valence-corrected chi connectivity index (χ2v) is 5.49. The van der Waals surface area contributed by atoms with Crippen molar-refractivity contribution in [1.82, 2.24) is 9.80 Å². The van der Waals surface area contributed by atoms with E-state index in [1.165, 1.54) is 0 Å². The van der Waals surface area contributed by atoms with Gasteiger partial charge in [-0.25, -0.2) is 0 Å². The quantitative estimate of drug-likeness (QED) is 0.839. The molecule has 1 aromatic carbocycles. The van der Waals surface area contributed by atoms with Gasteiger partial charge in [-0.3, -0.25) is 4.79 Å². The normalized spacial score (nSPS) is 15.9. The molecule has 0 aromatic heterocycles. The van der Waals surface area contributed by atoms with Crippen LogP contribution in [0.25, 0.3) is 0 Å². The van der Waals surface area contributed by atoms with E-state index in [4.69, 9.17) is 9.47 Å². The molecule has 5 heteroatoms. The van der Waals surface area contributed by atoms with Crippen LogP contribution in [0.2, 0.25) is 0 Å². The number of piperazine rings is 1. The van der Waals surface area contributed by atoms with E-state index in [1.54, 1.807) is 14.2 Å². The number of rotatable bonds is 4. The highest BCUT2D eigenvalue weighted by Gasteiger charge is 2.21. The lowest BCUT2D eigenvalue weighted by molar-refractivity contribution is -0.132. The van der Waals surface area contributed by atoms with Crippen LogP contribution in [0.4, 0.5) is 0 Å². The summed E-state index contributed by atoms with van der Waals surface area (Å²) in [5.74, 6) is 1.68. The first-order valence-corrected chi connectivity index (χ1v) is 7.23. The second-order valence-electron chi connectivity index (χ2n) is 5.49. The molecular weight excluding hydrogens is 268 g/mol. The highest BCUT2D eigenvalue weighted by atomic mass is 16.5. The number of carbonyl (C=O) groups is 1. The Morgan fingerprint density at radius 3 is 2.29 bits per heavy atom. The first-order valence-electron chi connectivity index (χ1n) is 7.23. The highest BCUT2D eigenvalue weighted by molar-refractivity contribution is 5.80. The maximum Gasteiger partial charge on any atom is 0.227 e. The molecule has 0 saturated carbocycles. The zero-order valence-electron chi connectivity index (χ0n) is 13.3. The third kappa shape index (κ3) is 3.67. The molecule has 21 heavy (non-hydrogen) atoms. The van der Waals surface area contributed by atoms with Crippen molar-refractivity contribution >= 4 is 5.91 Å². The number of likely N-dealkylation sites (N-methyl/N-ethyl adjacent to an activating group) is 1. The SMILES string of the molecule is COc1cc(CC(=O)N2CCN(C)CC2)c(OC)cc1C. The smallest absolute Gasteiger partial charge is 0.227 e. The summed E-state index contributed by atoms with van der Waals surface area (Å²) in [5, 5.41) is 0. The van der Waals surface area contributed by atoms with Crippen molar-refractivity contribution in [3.8, 4) is 11.5 Å². The number of amides is 1. The molecule has 0 bridgehead atoms. The fraction of sp³-hybridized carbons (Fsp3) is 0.562. The lowest BCUT2D eigenvalue weighted by Gasteiger charge is -2.32. The monoisotopic (exact) mass is 292 g/mol. The van der Waals surface area contributed by atoms with Crippen LogP contribution in [-0.4, -0.2) is 63.2 Å². The predicted molar refractivity (Wildman–Crippen MR) is 82.1 cm³/mol. The molecular formula is C16H24N2O3. The third-order valence-corrected chi connectivity index (χ3v) is 4.00. The van der Waals surface area contributed by atoms with Gasteiger partial charge in [0.1, 0.15) is 11.5 Å². The lowest BCUT2D eigenvalue weighted by atomic mass is 10.1. The molecule has 0 unspecified atom stereocenters.